The number of aromatic nitrogens is 1. The minimum absolute atomic E-state index is 0.0721. The Hall–Kier alpha value is -2.32. The van der Waals surface area contributed by atoms with Crippen LogP contribution in [0, 0.1) is 12.9 Å². The number of carbonyl (C=O) groups excluding carboxylic acids is 1. The van der Waals surface area contributed by atoms with Gasteiger partial charge in [0, 0.05) is 23.5 Å². The predicted octanol–water partition coefficient (Wildman–Crippen LogP) is 1.43. The van der Waals surface area contributed by atoms with E-state index in [1.54, 1.807) is 0 Å². The van der Waals surface area contributed by atoms with E-state index in [1.165, 1.54) is 31.2 Å². The Morgan fingerprint density at radius 3 is 2.67 bits per heavy atom. The zero-order chi connectivity index (χ0) is 15.6. The maximum absolute atomic E-state index is 13.0. The molecule has 0 aliphatic carbocycles. The molecular formula is C13H12FN3O3S. The highest BCUT2D eigenvalue weighted by Gasteiger charge is 2.15. The zero-order valence-electron chi connectivity index (χ0n) is 11.0. The van der Waals surface area contributed by atoms with Crippen molar-refractivity contribution >= 4 is 21.6 Å². The molecule has 0 aliphatic heterocycles. The summed E-state index contributed by atoms with van der Waals surface area (Å²) in [5.74, 6) is -1.36. The van der Waals surface area contributed by atoms with Gasteiger partial charge in [-0.2, -0.15) is 4.39 Å². The molecule has 2 rings (SSSR count). The zero-order valence-corrected chi connectivity index (χ0v) is 11.8. The van der Waals surface area contributed by atoms with E-state index in [0.29, 0.717) is 5.56 Å². The van der Waals surface area contributed by atoms with Gasteiger partial charge >= 0.3 is 0 Å². The van der Waals surface area contributed by atoms with Crippen LogP contribution in [0.5, 0.6) is 0 Å². The topological polar surface area (TPSA) is 102 Å². The number of anilines is 1. The summed E-state index contributed by atoms with van der Waals surface area (Å²) in [4.78, 5) is 15.3. The van der Waals surface area contributed by atoms with E-state index in [2.05, 4.69) is 10.3 Å². The van der Waals surface area contributed by atoms with Crippen molar-refractivity contribution in [2.75, 3.05) is 5.32 Å². The largest absolute Gasteiger partial charge is 0.322 e. The molecule has 0 saturated heterocycles. The molecule has 1 aromatic heterocycles. The molecule has 1 aromatic carbocycles. The fourth-order valence-corrected chi connectivity index (χ4v) is 2.60. The first-order valence-corrected chi connectivity index (χ1v) is 7.39. The van der Waals surface area contributed by atoms with Crippen molar-refractivity contribution in [1.82, 2.24) is 4.98 Å². The van der Waals surface area contributed by atoms with E-state index in [9.17, 15) is 17.6 Å². The first-order valence-electron chi connectivity index (χ1n) is 5.84. The van der Waals surface area contributed by atoms with Crippen molar-refractivity contribution in [3.63, 3.8) is 0 Å². The fourth-order valence-electron chi connectivity index (χ4n) is 1.80. The summed E-state index contributed by atoms with van der Waals surface area (Å²) in [6.45, 7) is 1.52. The first kappa shape index (κ1) is 15.1. The van der Waals surface area contributed by atoms with Crippen LogP contribution in [0.3, 0.4) is 0 Å². The number of nitrogens with one attached hydrogen (secondary N) is 1. The lowest BCUT2D eigenvalue weighted by Gasteiger charge is -2.11. The van der Waals surface area contributed by atoms with E-state index in [1.807, 2.05) is 0 Å². The van der Waals surface area contributed by atoms with Crippen LogP contribution in [0.4, 0.5) is 10.1 Å². The summed E-state index contributed by atoms with van der Waals surface area (Å²) in [6.07, 6.45) is 1.16. The molecule has 21 heavy (non-hydrogen) atoms. The van der Waals surface area contributed by atoms with Crippen LogP contribution in [0.15, 0.2) is 41.4 Å². The summed E-state index contributed by atoms with van der Waals surface area (Å²) in [7, 11) is -3.88. The molecule has 0 radical (unpaired) electrons. The lowest BCUT2D eigenvalue weighted by molar-refractivity contribution is 0.102. The normalized spacial score (nSPS) is 11.2. The number of nitrogens with two attached hydrogens (primary N) is 1. The maximum atomic E-state index is 13.0. The number of carbonyl (C=O) groups is 1. The maximum Gasteiger partial charge on any atom is 0.255 e. The Balaban J connectivity index is 2.35. The third kappa shape index (κ3) is 3.41. The molecule has 0 bridgehead atoms. The number of benzene rings is 1. The van der Waals surface area contributed by atoms with Crippen molar-refractivity contribution < 1.29 is 17.6 Å². The minimum Gasteiger partial charge on any atom is -0.322 e. The molecule has 0 saturated carbocycles. The Labute approximate surface area is 120 Å². The average Bonchev–Trinajstić information content (AvgIpc) is 2.39. The standard InChI is InChI=1S/C13H12FN3O3S/c1-8-10(3-2-4-11(8)21(15,19)20)17-13(18)9-5-6-16-12(14)7-9/h2-7H,1H3,(H,17,18)(H2,15,19,20). The van der Waals surface area contributed by atoms with Crippen molar-refractivity contribution in [3.05, 3.63) is 53.6 Å². The Morgan fingerprint density at radius 1 is 1.33 bits per heavy atom. The lowest BCUT2D eigenvalue weighted by Crippen LogP contribution is -2.17. The molecule has 6 nitrogen and oxygen atoms in total. The summed E-state index contributed by atoms with van der Waals surface area (Å²) >= 11 is 0. The third-order valence-corrected chi connectivity index (χ3v) is 3.88. The van der Waals surface area contributed by atoms with Gasteiger partial charge in [0.15, 0.2) is 0 Å². The van der Waals surface area contributed by atoms with Gasteiger partial charge in [-0.25, -0.2) is 18.5 Å². The number of rotatable bonds is 3. The monoisotopic (exact) mass is 309 g/mol. The van der Waals surface area contributed by atoms with E-state index in [0.717, 1.165) is 12.3 Å². The highest BCUT2D eigenvalue weighted by Crippen LogP contribution is 2.22. The third-order valence-electron chi connectivity index (χ3n) is 2.83. The highest BCUT2D eigenvalue weighted by molar-refractivity contribution is 7.89. The number of hydrogen-bond acceptors (Lipinski definition) is 4. The lowest BCUT2D eigenvalue weighted by atomic mass is 10.2. The first-order chi connectivity index (χ1) is 9.79. The molecule has 110 valence electrons. The number of nitrogens with zero attached hydrogens (tertiary/aromatic N) is 1. The van der Waals surface area contributed by atoms with Crippen LogP contribution in [0.2, 0.25) is 0 Å². The van der Waals surface area contributed by atoms with Crippen LogP contribution in [-0.4, -0.2) is 19.3 Å². The number of amides is 1. The van der Waals surface area contributed by atoms with Crippen LogP contribution in [0.25, 0.3) is 0 Å². The number of hydrogen-bond donors (Lipinski definition) is 2. The number of pyridine rings is 1. The van der Waals surface area contributed by atoms with E-state index < -0.39 is 21.9 Å². The smallest absolute Gasteiger partial charge is 0.255 e. The molecule has 0 fully saturated rings. The molecule has 3 N–H and O–H groups in total. The van der Waals surface area contributed by atoms with Gasteiger partial charge in [0.25, 0.3) is 5.91 Å². The van der Waals surface area contributed by atoms with Crippen LogP contribution < -0.4 is 10.5 Å². The van der Waals surface area contributed by atoms with Gasteiger partial charge < -0.3 is 5.32 Å². The van der Waals surface area contributed by atoms with Gasteiger partial charge in [0.1, 0.15) is 0 Å². The van der Waals surface area contributed by atoms with Crippen molar-refractivity contribution in [2.45, 2.75) is 11.8 Å². The van der Waals surface area contributed by atoms with E-state index >= 15 is 0 Å². The molecule has 0 aliphatic rings. The van der Waals surface area contributed by atoms with E-state index in [-0.39, 0.29) is 16.1 Å². The van der Waals surface area contributed by atoms with Crippen molar-refractivity contribution in [1.29, 1.82) is 0 Å². The molecular weight excluding hydrogens is 297 g/mol. The van der Waals surface area contributed by atoms with Gasteiger partial charge in [-0.3, -0.25) is 4.79 Å². The Kier molecular flexibility index (Phi) is 4.01. The minimum atomic E-state index is -3.88. The van der Waals surface area contributed by atoms with Gasteiger partial charge in [0.05, 0.1) is 4.90 Å². The van der Waals surface area contributed by atoms with Crippen molar-refractivity contribution in [2.24, 2.45) is 5.14 Å². The highest BCUT2D eigenvalue weighted by atomic mass is 32.2. The predicted molar refractivity (Wildman–Crippen MR) is 74.7 cm³/mol. The van der Waals surface area contributed by atoms with Gasteiger partial charge in [-0.15, -0.1) is 0 Å². The second kappa shape index (κ2) is 5.58. The number of sulfonamides is 1. The number of primary sulfonamides is 1. The summed E-state index contributed by atoms with van der Waals surface area (Å²) < 4.78 is 35.8. The average molecular weight is 309 g/mol. The van der Waals surface area contributed by atoms with Gasteiger partial charge in [0.2, 0.25) is 16.0 Å². The van der Waals surface area contributed by atoms with Crippen LogP contribution in [-0.2, 0) is 10.0 Å². The second-order valence-corrected chi connectivity index (χ2v) is 5.82. The van der Waals surface area contributed by atoms with E-state index in [4.69, 9.17) is 5.14 Å². The molecule has 0 spiro atoms. The molecule has 0 unspecified atom stereocenters. The quantitative estimate of drug-likeness (QED) is 0.837. The van der Waals surface area contributed by atoms with Crippen LogP contribution in [0.1, 0.15) is 15.9 Å². The Bertz CT molecular complexity index is 806. The SMILES string of the molecule is Cc1c(NC(=O)c2ccnc(F)c2)cccc1S(N)(=O)=O. The summed E-state index contributed by atoms with van der Waals surface area (Å²) in [5.41, 5.74) is 0.662. The molecule has 0 atom stereocenters. The van der Waals surface area contributed by atoms with Gasteiger partial charge in [-0.05, 0) is 30.7 Å². The fraction of sp³-hybridized carbons (Fsp3) is 0.0769. The number of halogens is 1. The van der Waals surface area contributed by atoms with Crippen LogP contribution >= 0.6 is 0 Å². The summed E-state index contributed by atoms with van der Waals surface area (Å²) in [5, 5.41) is 7.60. The Morgan fingerprint density at radius 2 is 2.05 bits per heavy atom. The molecule has 1 amide bonds. The summed E-state index contributed by atoms with van der Waals surface area (Å²) in [6, 6.07) is 6.65. The molecule has 1 heterocycles. The molecule has 8 heteroatoms. The van der Waals surface area contributed by atoms with Gasteiger partial charge in [-0.1, -0.05) is 6.07 Å². The second-order valence-electron chi connectivity index (χ2n) is 4.30. The van der Waals surface area contributed by atoms with Crippen molar-refractivity contribution in [3.8, 4) is 0 Å². The molecule has 2 aromatic rings.